The molecule has 0 aliphatic heterocycles. The zero-order chi connectivity index (χ0) is 14.2. The Morgan fingerprint density at radius 1 is 1.42 bits per heavy atom. The van der Waals surface area contributed by atoms with Gasteiger partial charge in [0.25, 0.3) is 0 Å². The van der Waals surface area contributed by atoms with Crippen molar-refractivity contribution < 1.29 is 14.6 Å². The Labute approximate surface area is 112 Å². The molecule has 0 unspecified atom stereocenters. The number of benzene rings is 1. The number of carboxylic acids is 1. The highest BCUT2D eigenvalue weighted by Crippen LogP contribution is 2.30. The van der Waals surface area contributed by atoms with E-state index in [1.54, 1.807) is 21.0 Å². The molecule has 2 rings (SSSR count). The minimum atomic E-state index is -0.780. The summed E-state index contributed by atoms with van der Waals surface area (Å²) in [4.78, 5) is 11.2. The molecule has 0 bridgehead atoms. The third-order valence-electron chi connectivity index (χ3n) is 3.49. The van der Waals surface area contributed by atoms with Gasteiger partial charge in [-0.25, -0.2) is 0 Å². The van der Waals surface area contributed by atoms with E-state index in [-0.39, 0.29) is 0 Å². The normalized spacial score (nSPS) is 11.8. The molecule has 0 aliphatic carbocycles. The van der Waals surface area contributed by atoms with Crippen LogP contribution in [0.2, 0.25) is 0 Å². The number of nitrogens with zero attached hydrogens (tertiary/aromatic N) is 1. The fourth-order valence-corrected chi connectivity index (χ4v) is 2.27. The van der Waals surface area contributed by atoms with E-state index >= 15 is 0 Å². The van der Waals surface area contributed by atoms with Gasteiger partial charge in [0.2, 0.25) is 0 Å². The van der Waals surface area contributed by atoms with Crippen molar-refractivity contribution in [2.24, 2.45) is 12.5 Å². The van der Waals surface area contributed by atoms with E-state index < -0.39 is 11.4 Å². The van der Waals surface area contributed by atoms with Crippen molar-refractivity contribution in [2.45, 2.75) is 20.3 Å². The third kappa shape index (κ3) is 2.43. The molecule has 0 fully saturated rings. The molecule has 19 heavy (non-hydrogen) atoms. The molecule has 0 saturated heterocycles. The second-order valence-electron chi connectivity index (χ2n) is 5.51. The van der Waals surface area contributed by atoms with Gasteiger partial charge in [-0.3, -0.25) is 4.79 Å². The third-order valence-corrected chi connectivity index (χ3v) is 3.49. The molecule has 2 aromatic rings. The van der Waals surface area contributed by atoms with Gasteiger partial charge in [0.1, 0.15) is 5.75 Å². The summed E-state index contributed by atoms with van der Waals surface area (Å²) in [6, 6.07) is 5.85. The SMILES string of the molecule is COc1ccc2c(CC(C)(C)C(=O)O)cn(C)c2c1. The van der Waals surface area contributed by atoms with Crippen LogP contribution < -0.4 is 4.74 Å². The number of carbonyl (C=O) groups is 1. The maximum atomic E-state index is 11.2. The van der Waals surface area contributed by atoms with Crippen LogP contribution in [-0.4, -0.2) is 22.8 Å². The lowest BCUT2D eigenvalue weighted by molar-refractivity contribution is -0.146. The molecule has 4 nitrogen and oxygen atoms in total. The Balaban J connectivity index is 2.48. The summed E-state index contributed by atoms with van der Waals surface area (Å²) in [5, 5.41) is 10.3. The molecule has 0 amide bonds. The molecule has 0 aliphatic rings. The van der Waals surface area contributed by atoms with Gasteiger partial charge < -0.3 is 14.4 Å². The first-order valence-corrected chi connectivity index (χ1v) is 6.20. The number of rotatable bonds is 4. The number of fused-ring (bicyclic) bond motifs is 1. The number of ether oxygens (including phenoxy) is 1. The highest BCUT2D eigenvalue weighted by Gasteiger charge is 2.28. The smallest absolute Gasteiger partial charge is 0.309 e. The zero-order valence-electron chi connectivity index (χ0n) is 11.7. The highest BCUT2D eigenvalue weighted by molar-refractivity contribution is 5.86. The van der Waals surface area contributed by atoms with Crippen LogP contribution in [0.15, 0.2) is 24.4 Å². The molecular weight excluding hydrogens is 242 g/mol. The van der Waals surface area contributed by atoms with Crippen LogP contribution in [0.25, 0.3) is 10.9 Å². The average molecular weight is 261 g/mol. The van der Waals surface area contributed by atoms with Crippen LogP contribution in [-0.2, 0) is 18.3 Å². The molecule has 0 saturated carbocycles. The van der Waals surface area contributed by atoms with E-state index in [0.717, 1.165) is 22.2 Å². The highest BCUT2D eigenvalue weighted by atomic mass is 16.5. The summed E-state index contributed by atoms with van der Waals surface area (Å²) in [5.74, 6) is 0.0239. The standard InChI is InChI=1S/C15H19NO3/c1-15(2,14(17)18)8-10-9-16(3)13-7-11(19-4)5-6-12(10)13/h5-7,9H,8H2,1-4H3,(H,17,18). The summed E-state index contributed by atoms with van der Waals surface area (Å²) >= 11 is 0. The fourth-order valence-electron chi connectivity index (χ4n) is 2.27. The van der Waals surface area contributed by atoms with Crippen LogP contribution in [0.5, 0.6) is 5.75 Å². The summed E-state index contributed by atoms with van der Waals surface area (Å²) in [6.45, 7) is 3.50. The van der Waals surface area contributed by atoms with Gasteiger partial charge in [0.05, 0.1) is 18.0 Å². The van der Waals surface area contributed by atoms with Gasteiger partial charge in [-0.2, -0.15) is 0 Å². The van der Waals surface area contributed by atoms with Gasteiger partial charge in [-0.15, -0.1) is 0 Å². The van der Waals surface area contributed by atoms with E-state index in [2.05, 4.69) is 0 Å². The topological polar surface area (TPSA) is 51.5 Å². The molecule has 102 valence electrons. The number of methoxy groups -OCH3 is 1. The van der Waals surface area contributed by atoms with Crippen molar-refractivity contribution in [3.8, 4) is 5.75 Å². The molecule has 0 atom stereocenters. The molecule has 1 heterocycles. The maximum absolute atomic E-state index is 11.2. The van der Waals surface area contributed by atoms with Crippen molar-refractivity contribution in [1.29, 1.82) is 0 Å². The van der Waals surface area contributed by atoms with Crippen LogP contribution in [0.1, 0.15) is 19.4 Å². The molecule has 0 spiro atoms. The minimum absolute atomic E-state index is 0.506. The lowest BCUT2D eigenvalue weighted by Gasteiger charge is -2.18. The second-order valence-corrected chi connectivity index (χ2v) is 5.51. The van der Waals surface area contributed by atoms with Gasteiger partial charge in [0, 0.05) is 24.7 Å². The second kappa shape index (κ2) is 4.61. The fraction of sp³-hybridized carbons (Fsp3) is 0.400. The van der Waals surface area contributed by atoms with Crippen molar-refractivity contribution in [2.75, 3.05) is 7.11 Å². The average Bonchev–Trinajstić information content (AvgIpc) is 2.65. The lowest BCUT2D eigenvalue weighted by atomic mass is 9.86. The Bertz CT molecular complexity index is 626. The van der Waals surface area contributed by atoms with Crippen LogP contribution >= 0.6 is 0 Å². The van der Waals surface area contributed by atoms with Crippen molar-refractivity contribution >= 4 is 16.9 Å². The van der Waals surface area contributed by atoms with Crippen molar-refractivity contribution in [3.63, 3.8) is 0 Å². The van der Waals surface area contributed by atoms with E-state index in [4.69, 9.17) is 4.74 Å². The largest absolute Gasteiger partial charge is 0.497 e. The van der Waals surface area contributed by atoms with Crippen LogP contribution in [0.3, 0.4) is 0 Å². The molecule has 0 radical (unpaired) electrons. The maximum Gasteiger partial charge on any atom is 0.309 e. The van der Waals surface area contributed by atoms with Gasteiger partial charge >= 0.3 is 5.97 Å². The number of aromatic nitrogens is 1. The molecule has 1 aromatic carbocycles. The van der Waals surface area contributed by atoms with Crippen LogP contribution in [0, 0.1) is 5.41 Å². The number of carboxylic acid groups (broad SMARTS) is 1. The predicted octanol–water partition coefficient (Wildman–Crippen LogP) is 2.84. The number of hydrogen-bond acceptors (Lipinski definition) is 2. The quantitative estimate of drug-likeness (QED) is 0.920. The van der Waals surface area contributed by atoms with Gasteiger partial charge in [-0.05, 0) is 38.0 Å². The number of aliphatic carboxylic acids is 1. The summed E-state index contributed by atoms with van der Waals surface area (Å²) in [7, 11) is 3.59. The molecule has 1 aromatic heterocycles. The van der Waals surface area contributed by atoms with Gasteiger partial charge in [-0.1, -0.05) is 0 Å². The van der Waals surface area contributed by atoms with Crippen LogP contribution in [0.4, 0.5) is 0 Å². The molecule has 1 N–H and O–H groups in total. The Hall–Kier alpha value is -1.97. The Morgan fingerprint density at radius 2 is 2.11 bits per heavy atom. The van der Waals surface area contributed by atoms with Crippen molar-refractivity contribution in [3.05, 3.63) is 30.0 Å². The van der Waals surface area contributed by atoms with E-state index in [1.807, 2.05) is 36.0 Å². The van der Waals surface area contributed by atoms with E-state index in [0.29, 0.717) is 6.42 Å². The summed E-state index contributed by atoms with van der Waals surface area (Å²) in [6.07, 6.45) is 2.50. The first-order chi connectivity index (χ1) is 8.85. The first kappa shape index (κ1) is 13.5. The molecular formula is C15H19NO3. The van der Waals surface area contributed by atoms with Gasteiger partial charge in [0.15, 0.2) is 0 Å². The Kier molecular flexibility index (Phi) is 3.27. The number of hydrogen-bond donors (Lipinski definition) is 1. The summed E-state index contributed by atoms with van der Waals surface area (Å²) < 4.78 is 7.22. The lowest BCUT2D eigenvalue weighted by Crippen LogP contribution is -2.26. The zero-order valence-corrected chi connectivity index (χ0v) is 11.7. The first-order valence-electron chi connectivity index (χ1n) is 6.20. The van der Waals surface area contributed by atoms with E-state index in [9.17, 15) is 9.90 Å². The minimum Gasteiger partial charge on any atom is -0.497 e. The molecule has 4 heteroatoms. The van der Waals surface area contributed by atoms with E-state index in [1.165, 1.54) is 0 Å². The predicted molar refractivity (Wildman–Crippen MR) is 74.6 cm³/mol. The number of aryl methyl sites for hydroxylation is 1. The Morgan fingerprint density at radius 3 is 2.68 bits per heavy atom. The van der Waals surface area contributed by atoms with Crippen molar-refractivity contribution in [1.82, 2.24) is 4.57 Å². The summed E-state index contributed by atoms with van der Waals surface area (Å²) in [5.41, 5.74) is 1.33. The monoisotopic (exact) mass is 261 g/mol.